The highest BCUT2D eigenvalue weighted by Crippen LogP contribution is 2.37. The summed E-state index contributed by atoms with van der Waals surface area (Å²) < 4.78 is 0. The summed E-state index contributed by atoms with van der Waals surface area (Å²) in [5.41, 5.74) is 3.95. The standard InChI is InChI=1S/C25H17NO4/c27-24(28)19-12-6-4-10-17(19)21-14-23(16-8-2-1-3-9-16)26-15-22(21)18-11-5-7-13-20(18)25(29)30/h1-15H,(H,27,28)(H,29,30). The van der Waals surface area contributed by atoms with Crippen molar-refractivity contribution in [2.24, 2.45) is 0 Å². The third kappa shape index (κ3) is 3.56. The zero-order valence-corrected chi connectivity index (χ0v) is 15.8. The second-order valence-electron chi connectivity index (χ2n) is 6.68. The summed E-state index contributed by atoms with van der Waals surface area (Å²) in [4.78, 5) is 28.2. The Morgan fingerprint density at radius 1 is 0.600 bits per heavy atom. The monoisotopic (exact) mass is 395 g/mol. The Bertz CT molecular complexity index is 1250. The van der Waals surface area contributed by atoms with Gasteiger partial charge in [0.2, 0.25) is 0 Å². The molecule has 0 radical (unpaired) electrons. The molecule has 0 aliphatic carbocycles. The Balaban J connectivity index is 2.03. The van der Waals surface area contributed by atoms with Crippen LogP contribution in [0.3, 0.4) is 0 Å². The second kappa shape index (κ2) is 8.01. The molecule has 0 amide bonds. The van der Waals surface area contributed by atoms with Crippen molar-refractivity contribution in [3.8, 4) is 33.5 Å². The number of hydrogen-bond donors (Lipinski definition) is 2. The van der Waals surface area contributed by atoms with Crippen LogP contribution in [0.25, 0.3) is 33.5 Å². The van der Waals surface area contributed by atoms with Crippen molar-refractivity contribution in [2.75, 3.05) is 0 Å². The van der Waals surface area contributed by atoms with E-state index in [2.05, 4.69) is 4.98 Å². The molecule has 4 aromatic rings. The lowest BCUT2D eigenvalue weighted by Crippen LogP contribution is -2.03. The van der Waals surface area contributed by atoms with Gasteiger partial charge < -0.3 is 10.2 Å². The van der Waals surface area contributed by atoms with Crippen LogP contribution in [0.4, 0.5) is 0 Å². The molecular formula is C25H17NO4. The smallest absolute Gasteiger partial charge is 0.336 e. The van der Waals surface area contributed by atoms with Crippen molar-refractivity contribution in [3.05, 3.63) is 102 Å². The first kappa shape index (κ1) is 19.1. The van der Waals surface area contributed by atoms with Gasteiger partial charge in [-0.05, 0) is 34.9 Å². The zero-order valence-electron chi connectivity index (χ0n) is 15.8. The highest BCUT2D eigenvalue weighted by Gasteiger charge is 2.20. The van der Waals surface area contributed by atoms with Gasteiger partial charge >= 0.3 is 11.9 Å². The van der Waals surface area contributed by atoms with Crippen LogP contribution in [-0.4, -0.2) is 27.1 Å². The van der Waals surface area contributed by atoms with Gasteiger partial charge in [0.1, 0.15) is 0 Å². The van der Waals surface area contributed by atoms with E-state index in [-0.39, 0.29) is 11.1 Å². The van der Waals surface area contributed by atoms with E-state index in [1.807, 2.05) is 36.4 Å². The molecular weight excluding hydrogens is 378 g/mol. The van der Waals surface area contributed by atoms with Gasteiger partial charge in [-0.1, -0.05) is 66.7 Å². The maximum atomic E-state index is 11.9. The fraction of sp³-hybridized carbons (Fsp3) is 0. The lowest BCUT2D eigenvalue weighted by atomic mass is 9.90. The number of aromatic carboxylic acids is 2. The van der Waals surface area contributed by atoms with Gasteiger partial charge in [0.05, 0.1) is 16.8 Å². The van der Waals surface area contributed by atoms with Crippen LogP contribution in [0.5, 0.6) is 0 Å². The maximum absolute atomic E-state index is 11.9. The Morgan fingerprint density at radius 2 is 1.10 bits per heavy atom. The van der Waals surface area contributed by atoms with Crippen molar-refractivity contribution >= 4 is 11.9 Å². The minimum absolute atomic E-state index is 0.126. The van der Waals surface area contributed by atoms with E-state index >= 15 is 0 Å². The Labute approximate surface area is 172 Å². The first-order valence-electron chi connectivity index (χ1n) is 9.27. The highest BCUT2D eigenvalue weighted by molar-refractivity contribution is 6.02. The Kier molecular flexibility index (Phi) is 5.09. The minimum Gasteiger partial charge on any atom is -0.478 e. The van der Waals surface area contributed by atoms with Gasteiger partial charge in [-0.2, -0.15) is 0 Å². The third-order valence-corrected chi connectivity index (χ3v) is 4.87. The number of nitrogens with zero attached hydrogens (tertiary/aromatic N) is 1. The molecule has 0 fully saturated rings. The lowest BCUT2D eigenvalue weighted by molar-refractivity contribution is 0.0686. The molecule has 0 bridgehead atoms. The molecule has 5 nitrogen and oxygen atoms in total. The largest absolute Gasteiger partial charge is 0.478 e. The molecule has 1 heterocycles. The first-order valence-corrected chi connectivity index (χ1v) is 9.27. The highest BCUT2D eigenvalue weighted by atomic mass is 16.4. The predicted molar refractivity (Wildman–Crippen MR) is 114 cm³/mol. The van der Waals surface area contributed by atoms with Crippen LogP contribution in [0.2, 0.25) is 0 Å². The molecule has 2 N–H and O–H groups in total. The van der Waals surface area contributed by atoms with Gasteiger partial charge in [0.25, 0.3) is 0 Å². The lowest BCUT2D eigenvalue weighted by Gasteiger charge is -2.15. The van der Waals surface area contributed by atoms with Gasteiger partial charge in [-0.3, -0.25) is 4.98 Å². The van der Waals surface area contributed by atoms with Crippen LogP contribution >= 0.6 is 0 Å². The molecule has 0 atom stereocenters. The molecule has 146 valence electrons. The molecule has 0 spiro atoms. The molecule has 5 heteroatoms. The molecule has 0 aliphatic rings. The summed E-state index contributed by atoms with van der Waals surface area (Å²) in [5, 5.41) is 19.4. The van der Waals surface area contributed by atoms with Gasteiger partial charge in [-0.15, -0.1) is 0 Å². The van der Waals surface area contributed by atoms with Crippen LogP contribution < -0.4 is 0 Å². The number of carboxylic acids is 2. The number of pyridine rings is 1. The number of carbonyl (C=O) groups is 2. The summed E-state index contributed by atoms with van der Waals surface area (Å²) in [5.74, 6) is -2.11. The second-order valence-corrected chi connectivity index (χ2v) is 6.68. The maximum Gasteiger partial charge on any atom is 0.336 e. The van der Waals surface area contributed by atoms with Crippen LogP contribution in [0.1, 0.15) is 20.7 Å². The number of hydrogen-bond acceptors (Lipinski definition) is 3. The number of carboxylic acid groups (broad SMARTS) is 2. The summed E-state index contributed by atoms with van der Waals surface area (Å²) in [6.07, 6.45) is 1.61. The molecule has 0 saturated heterocycles. The van der Waals surface area contributed by atoms with Crippen molar-refractivity contribution < 1.29 is 19.8 Å². The van der Waals surface area contributed by atoms with Crippen molar-refractivity contribution in [3.63, 3.8) is 0 Å². The molecule has 0 unspecified atom stereocenters. The summed E-state index contributed by atoms with van der Waals surface area (Å²) >= 11 is 0. The summed E-state index contributed by atoms with van der Waals surface area (Å²) in [6.45, 7) is 0. The molecule has 0 saturated carbocycles. The number of aromatic nitrogens is 1. The Morgan fingerprint density at radius 3 is 1.67 bits per heavy atom. The third-order valence-electron chi connectivity index (χ3n) is 4.87. The molecule has 30 heavy (non-hydrogen) atoms. The van der Waals surface area contributed by atoms with E-state index in [9.17, 15) is 19.8 Å². The van der Waals surface area contributed by atoms with E-state index in [0.717, 1.165) is 5.56 Å². The average Bonchev–Trinajstić information content (AvgIpc) is 2.79. The first-order chi connectivity index (χ1) is 14.6. The zero-order chi connectivity index (χ0) is 21.1. The fourth-order valence-corrected chi connectivity index (χ4v) is 3.47. The topological polar surface area (TPSA) is 87.5 Å². The van der Waals surface area contributed by atoms with E-state index < -0.39 is 11.9 Å². The van der Waals surface area contributed by atoms with Crippen molar-refractivity contribution in [2.45, 2.75) is 0 Å². The number of rotatable bonds is 5. The molecule has 0 aliphatic heterocycles. The van der Waals surface area contributed by atoms with E-state index in [4.69, 9.17) is 0 Å². The molecule has 4 rings (SSSR count). The molecule has 1 aromatic heterocycles. The summed E-state index contributed by atoms with van der Waals surface area (Å²) in [6, 6.07) is 24.7. The van der Waals surface area contributed by atoms with Gasteiger partial charge in [-0.25, -0.2) is 9.59 Å². The molecule has 3 aromatic carbocycles. The van der Waals surface area contributed by atoms with Crippen LogP contribution in [0, 0.1) is 0 Å². The number of benzene rings is 3. The van der Waals surface area contributed by atoms with Crippen LogP contribution in [-0.2, 0) is 0 Å². The van der Waals surface area contributed by atoms with E-state index in [1.165, 1.54) is 12.1 Å². The summed E-state index contributed by atoms with van der Waals surface area (Å²) in [7, 11) is 0. The fourth-order valence-electron chi connectivity index (χ4n) is 3.47. The van der Waals surface area contributed by atoms with E-state index in [0.29, 0.717) is 27.9 Å². The van der Waals surface area contributed by atoms with Crippen LogP contribution in [0.15, 0.2) is 91.1 Å². The van der Waals surface area contributed by atoms with Gasteiger partial charge in [0.15, 0.2) is 0 Å². The normalized spacial score (nSPS) is 10.5. The SMILES string of the molecule is O=C(O)c1ccccc1-c1cnc(-c2ccccc2)cc1-c1ccccc1C(=O)O. The van der Waals surface area contributed by atoms with E-state index in [1.54, 1.807) is 42.6 Å². The van der Waals surface area contributed by atoms with Gasteiger partial charge in [0, 0.05) is 17.3 Å². The average molecular weight is 395 g/mol. The minimum atomic E-state index is -1.06. The van der Waals surface area contributed by atoms with Crippen molar-refractivity contribution in [1.29, 1.82) is 0 Å². The Hall–Kier alpha value is -4.25. The predicted octanol–water partition coefficient (Wildman–Crippen LogP) is 5.48. The quantitative estimate of drug-likeness (QED) is 0.467. The van der Waals surface area contributed by atoms with Crippen molar-refractivity contribution in [1.82, 2.24) is 4.98 Å².